The first kappa shape index (κ1) is 30.2. The maximum absolute atomic E-state index is 14.0. The normalized spacial score (nSPS) is 19.5. The molecule has 6 rings (SSSR count). The number of thiazole rings is 1. The van der Waals surface area contributed by atoms with Gasteiger partial charge in [-0.2, -0.15) is 13.2 Å². The van der Waals surface area contributed by atoms with Gasteiger partial charge in [-0.3, -0.25) is 19.2 Å². The highest BCUT2D eigenvalue weighted by molar-refractivity contribution is 9.10. The van der Waals surface area contributed by atoms with Crippen LogP contribution in [0.3, 0.4) is 0 Å². The van der Waals surface area contributed by atoms with Gasteiger partial charge in [-0.15, -0.1) is 0 Å². The smallest absolute Gasteiger partial charge is 0.416 e. The van der Waals surface area contributed by atoms with Crippen LogP contribution in [0.1, 0.15) is 27.5 Å². The number of hydrogen-bond acceptors (Lipinski definition) is 7. The number of benzene rings is 3. The number of nitrogens with zero attached hydrogens (tertiary/aromatic N) is 1. The van der Waals surface area contributed by atoms with Crippen LogP contribution in [0.4, 0.5) is 24.5 Å². The lowest BCUT2D eigenvalue weighted by Gasteiger charge is -2.31. The first-order valence-corrected chi connectivity index (χ1v) is 15.6. The molecule has 1 aromatic heterocycles. The summed E-state index contributed by atoms with van der Waals surface area (Å²) in [6.45, 7) is 1.51. The predicted octanol–water partition coefficient (Wildman–Crippen LogP) is 6.34. The Morgan fingerprint density at radius 1 is 1.05 bits per heavy atom. The molecule has 44 heavy (non-hydrogen) atoms. The van der Waals surface area contributed by atoms with Crippen LogP contribution in [0.2, 0.25) is 0 Å². The summed E-state index contributed by atoms with van der Waals surface area (Å²) < 4.78 is 47.0. The lowest BCUT2D eigenvalue weighted by atomic mass is 9.82. The topological polar surface area (TPSA) is 109 Å². The molecule has 1 fully saturated rings. The van der Waals surface area contributed by atoms with Crippen molar-refractivity contribution in [1.82, 2.24) is 4.98 Å². The van der Waals surface area contributed by atoms with Gasteiger partial charge in [-0.05, 0) is 61.0 Å². The Labute approximate surface area is 264 Å². The Morgan fingerprint density at radius 3 is 2.57 bits per heavy atom. The number of rotatable bonds is 6. The Hall–Kier alpha value is -3.88. The highest BCUT2D eigenvalue weighted by Gasteiger charge is 2.57. The molecule has 3 amide bonds. The number of nitrogens with one attached hydrogen (secondary N) is 2. The summed E-state index contributed by atoms with van der Waals surface area (Å²) in [6.07, 6.45) is -4.68. The maximum atomic E-state index is 14.0. The minimum atomic E-state index is -4.68. The Kier molecular flexibility index (Phi) is 7.92. The van der Waals surface area contributed by atoms with Crippen molar-refractivity contribution in [2.75, 3.05) is 16.8 Å². The van der Waals surface area contributed by atoms with Gasteiger partial charge in [0.05, 0.1) is 22.2 Å². The highest BCUT2D eigenvalue weighted by Crippen LogP contribution is 2.55. The molecule has 4 aromatic rings. The van der Waals surface area contributed by atoms with Gasteiger partial charge in [0.25, 0.3) is 5.91 Å². The molecule has 0 bridgehead atoms. The number of aromatic nitrogens is 1. The van der Waals surface area contributed by atoms with Gasteiger partial charge in [-0.25, -0.2) is 4.90 Å². The number of aromatic amines is 1. The Balaban J connectivity index is 1.37. The summed E-state index contributed by atoms with van der Waals surface area (Å²) in [7, 11) is 0. The van der Waals surface area contributed by atoms with E-state index in [1.165, 1.54) is 6.07 Å². The molecule has 0 spiro atoms. The lowest BCUT2D eigenvalue weighted by Crippen LogP contribution is -2.32. The molecule has 0 saturated carbocycles. The van der Waals surface area contributed by atoms with E-state index in [2.05, 4.69) is 26.2 Å². The van der Waals surface area contributed by atoms with Crippen LogP contribution in [-0.4, -0.2) is 34.6 Å². The van der Waals surface area contributed by atoms with Crippen LogP contribution >= 0.6 is 39.0 Å². The third-order valence-electron chi connectivity index (χ3n) is 7.22. The van der Waals surface area contributed by atoms with Gasteiger partial charge >= 0.3 is 11.0 Å². The Morgan fingerprint density at radius 2 is 1.82 bits per heavy atom. The number of ether oxygens (including phenoxy) is 1. The third-order valence-corrected chi connectivity index (χ3v) is 10.1. The zero-order valence-corrected chi connectivity index (χ0v) is 25.8. The van der Waals surface area contributed by atoms with Crippen LogP contribution in [0.25, 0.3) is 0 Å². The summed E-state index contributed by atoms with van der Waals surface area (Å²) in [6, 6.07) is 16.3. The molecule has 3 heterocycles. The van der Waals surface area contributed by atoms with E-state index in [9.17, 15) is 32.3 Å². The fourth-order valence-electron chi connectivity index (χ4n) is 5.38. The SMILES string of the molecule is Cc1cccc(NC(=O)COc2ccc(Br)cc2[C@H]2c3sc(=O)[nH]c3SC3C(=O)N(c4cccc(C(F)(F)F)c4)C(=O)C32)c1. The number of amides is 3. The number of carbonyl (C=O) groups excluding carboxylic acids is 3. The minimum Gasteiger partial charge on any atom is -0.483 e. The largest absolute Gasteiger partial charge is 0.483 e. The highest BCUT2D eigenvalue weighted by atomic mass is 79.9. The number of hydrogen-bond donors (Lipinski definition) is 2. The molecule has 2 aliphatic heterocycles. The van der Waals surface area contributed by atoms with Crippen LogP contribution in [0.5, 0.6) is 5.75 Å². The number of carbonyl (C=O) groups is 3. The molecule has 2 N–H and O–H groups in total. The number of alkyl halides is 3. The summed E-state index contributed by atoms with van der Waals surface area (Å²) >= 11 is 5.32. The van der Waals surface area contributed by atoms with Gasteiger partial charge in [0.15, 0.2) is 6.61 Å². The molecule has 2 aliphatic rings. The summed E-state index contributed by atoms with van der Waals surface area (Å²) in [4.78, 5) is 56.5. The number of thioether (sulfide) groups is 1. The fraction of sp³-hybridized carbons (Fsp3) is 0.200. The molecule has 8 nitrogen and oxygen atoms in total. The molecule has 0 aliphatic carbocycles. The zero-order chi connectivity index (χ0) is 31.3. The molecular weight excluding hydrogens is 683 g/mol. The zero-order valence-electron chi connectivity index (χ0n) is 22.6. The van der Waals surface area contributed by atoms with E-state index in [1.54, 1.807) is 36.4 Å². The van der Waals surface area contributed by atoms with Crippen LogP contribution in [0.15, 0.2) is 81.0 Å². The van der Waals surface area contributed by atoms with E-state index in [0.29, 0.717) is 25.6 Å². The van der Waals surface area contributed by atoms with Gasteiger partial charge in [-0.1, -0.05) is 57.2 Å². The van der Waals surface area contributed by atoms with E-state index < -0.39 is 51.4 Å². The number of fused-ring (bicyclic) bond motifs is 2. The van der Waals surface area contributed by atoms with Crippen molar-refractivity contribution in [2.45, 2.75) is 29.3 Å². The van der Waals surface area contributed by atoms with E-state index in [1.807, 2.05) is 13.0 Å². The van der Waals surface area contributed by atoms with Crippen molar-refractivity contribution in [1.29, 1.82) is 0 Å². The molecule has 0 radical (unpaired) electrons. The molecule has 14 heteroatoms. The number of H-pyrrole nitrogens is 1. The van der Waals surface area contributed by atoms with Crippen LogP contribution in [0, 0.1) is 12.8 Å². The summed E-state index contributed by atoms with van der Waals surface area (Å²) in [5.74, 6) is -3.53. The second kappa shape index (κ2) is 11.6. The van der Waals surface area contributed by atoms with Crippen molar-refractivity contribution in [2.24, 2.45) is 5.92 Å². The van der Waals surface area contributed by atoms with E-state index >= 15 is 0 Å². The average molecular weight is 705 g/mol. The first-order chi connectivity index (χ1) is 20.9. The monoisotopic (exact) mass is 703 g/mol. The second-order valence-electron chi connectivity index (χ2n) is 10.2. The third kappa shape index (κ3) is 5.69. The van der Waals surface area contributed by atoms with Crippen molar-refractivity contribution >= 4 is 68.1 Å². The Bertz CT molecular complexity index is 1870. The van der Waals surface area contributed by atoms with Crippen molar-refractivity contribution < 1.29 is 32.3 Å². The van der Waals surface area contributed by atoms with Crippen molar-refractivity contribution in [3.05, 3.63) is 102 Å². The van der Waals surface area contributed by atoms with Crippen molar-refractivity contribution in [3.8, 4) is 5.75 Å². The number of halogens is 4. The standard InChI is InChI=1S/C30H21BrF3N3O5S2/c1-14-4-2-6-17(10-14)35-21(38)13-42-20-9-8-16(31)12-19(20)22-23-25(43-26-24(22)44-29(41)36-26)28(40)37(27(23)39)18-7-3-5-15(11-18)30(32,33)34/h2-12,22-23,25H,13H2,1H3,(H,35,38)(H,36,41)/t22-,23?,25?/m1/s1. The van der Waals surface area contributed by atoms with Gasteiger partial charge < -0.3 is 15.0 Å². The quantitative estimate of drug-likeness (QED) is 0.227. The van der Waals surface area contributed by atoms with E-state index in [-0.39, 0.29) is 18.0 Å². The van der Waals surface area contributed by atoms with Gasteiger partial charge in [0.2, 0.25) is 11.8 Å². The predicted molar refractivity (Wildman–Crippen MR) is 163 cm³/mol. The summed E-state index contributed by atoms with van der Waals surface area (Å²) in [5, 5.41) is 2.12. The first-order valence-electron chi connectivity index (χ1n) is 13.1. The number of imide groups is 1. The van der Waals surface area contributed by atoms with E-state index in [4.69, 9.17) is 4.74 Å². The minimum absolute atomic E-state index is 0.195. The summed E-state index contributed by atoms with van der Waals surface area (Å²) in [5.41, 5.74) is 0.790. The van der Waals surface area contributed by atoms with Gasteiger partial charge in [0.1, 0.15) is 11.0 Å². The molecule has 1 saturated heterocycles. The molecule has 3 aromatic carbocycles. The number of aryl methyl sites for hydroxylation is 1. The van der Waals surface area contributed by atoms with Crippen LogP contribution < -0.4 is 19.8 Å². The molecule has 3 atom stereocenters. The van der Waals surface area contributed by atoms with E-state index in [0.717, 1.165) is 51.8 Å². The van der Waals surface area contributed by atoms with Crippen LogP contribution in [-0.2, 0) is 20.6 Å². The second-order valence-corrected chi connectivity index (χ2v) is 13.3. The number of anilines is 2. The molecular formula is C30H21BrF3N3O5S2. The molecule has 226 valence electrons. The average Bonchev–Trinajstić information content (AvgIpc) is 3.46. The fourth-order valence-corrected chi connectivity index (χ4v) is 8.27. The molecule has 2 unspecified atom stereocenters. The lowest BCUT2D eigenvalue weighted by molar-refractivity contribution is -0.137. The maximum Gasteiger partial charge on any atom is 0.416 e. The van der Waals surface area contributed by atoms with Gasteiger partial charge in [0, 0.05) is 26.5 Å². The van der Waals surface area contributed by atoms with Crippen molar-refractivity contribution in [3.63, 3.8) is 0 Å².